The summed E-state index contributed by atoms with van der Waals surface area (Å²) >= 11 is 0. The Morgan fingerprint density at radius 3 is 2.21 bits per heavy atom. The second-order valence-electron chi connectivity index (χ2n) is 4.58. The van der Waals surface area contributed by atoms with Crippen LogP contribution < -0.4 is 0 Å². The summed E-state index contributed by atoms with van der Waals surface area (Å²) in [6, 6.07) is 0. The van der Waals surface area contributed by atoms with Crippen LogP contribution in [0.25, 0.3) is 0 Å². The predicted molar refractivity (Wildman–Crippen MR) is 57.1 cm³/mol. The summed E-state index contributed by atoms with van der Waals surface area (Å²) < 4.78 is 0. The van der Waals surface area contributed by atoms with Gasteiger partial charge in [-0.25, -0.2) is 0 Å². The maximum Gasteiger partial charge on any atom is 0.306 e. The van der Waals surface area contributed by atoms with Gasteiger partial charge in [0.05, 0.1) is 5.92 Å². The lowest BCUT2D eigenvalue weighted by molar-refractivity contribution is -0.143. The van der Waals surface area contributed by atoms with Crippen LogP contribution in [-0.4, -0.2) is 11.1 Å². The molecule has 0 aromatic rings. The Labute approximate surface area is 86.0 Å². The number of hydrogen-bond donors (Lipinski definition) is 1. The van der Waals surface area contributed by atoms with Crippen molar-refractivity contribution < 1.29 is 9.90 Å². The first-order valence-electron chi connectivity index (χ1n) is 5.40. The molecule has 0 aromatic heterocycles. The Hall–Kier alpha value is -0.790. The molecule has 0 aliphatic heterocycles. The minimum Gasteiger partial charge on any atom is -0.481 e. The van der Waals surface area contributed by atoms with E-state index in [0.29, 0.717) is 11.8 Å². The number of carboxylic acid groups (broad SMARTS) is 1. The normalized spacial score (nSPS) is 29.6. The molecular weight excluding hydrogens is 176 g/mol. The van der Waals surface area contributed by atoms with E-state index in [0.717, 1.165) is 25.7 Å². The van der Waals surface area contributed by atoms with Gasteiger partial charge in [-0.05, 0) is 44.4 Å². The minimum absolute atomic E-state index is 0.180. The minimum atomic E-state index is -0.649. The van der Waals surface area contributed by atoms with Crippen molar-refractivity contribution in [3.63, 3.8) is 0 Å². The standard InChI is InChI=1S/C12H20O2/c1-8(2)10-4-6-11(7-5-10)9(3)12(13)14/h9-11H,1,4-7H2,2-3H3,(H,13,14). The average molecular weight is 196 g/mol. The summed E-state index contributed by atoms with van der Waals surface area (Å²) in [4.78, 5) is 10.8. The topological polar surface area (TPSA) is 37.3 Å². The van der Waals surface area contributed by atoms with E-state index in [1.165, 1.54) is 5.57 Å². The van der Waals surface area contributed by atoms with Crippen molar-refractivity contribution in [1.29, 1.82) is 0 Å². The van der Waals surface area contributed by atoms with Gasteiger partial charge in [-0.2, -0.15) is 0 Å². The first-order valence-corrected chi connectivity index (χ1v) is 5.40. The molecule has 1 atom stereocenters. The summed E-state index contributed by atoms with van der Waals surface area (Å²) in [6.07, 6.45) is 4.34. The van der Waals surface area contributed by atoms with E-state index < -0.39 is 5.97 Å². The highest BCUT2D eigenvalue weighted by atomic mass is 16.4. The third-order valence-electron chi connectivity index (χ3n) is 3.57. The molecule has 1 N–H and O–H groups in total. The van der Waals surface area contributed by atoms with Gasteiger partial charge in [0.2, 0.25) is 0 Å². The summed E-state index contributed by atoms with van der Waals surface area (Å²) in [5.41, 5.74) is 1.26. The average Bonchev–Trinajstić information content (AvgIpc) is 2.16. The molecular formula is C12H20O2. The van der Waals surface area contributed by atoms with Gasteiger partial charge in [-0.1, -0.05) is 19.1 Å². The molecule has 0 amide bonds. The number of aliphatic carboxylic acids is 1. The van der Waals surface area contributed by atoms with E-state index in [-0.39, 0.29) is 5.92 Å². The molecule has 0 bridgehead atoms. The van der Waals surface area contributed by atoms with Crippen LogP contribution in [0.15, 0.2) is 12.2 Å². The Morgan fingerprint density at radius 1 is 1.36 bits per heavy atom. The molecule has 80 valence electrons. The molecule has 1 aliphatic carbocycles. The summed E-state index contributed by atoms with van der Waals surface area (Å²) in [5, 5.41) is 8.89. The fourth-order valence-electron chi connectivity index (χ4n) is 2.31. The van der Waals surface area contributed by atoms with Gasteiger partial charge in [0.1, 0.15) is 0 Å². The van der Waals surface area contributed by atoms with Gasteiger partial charge in [-0.3, -0.25) is 4.79 Å². The number of carboxylic acids is 1. The van der Waals surface area contributed by atoms with Crippen LogP contribution >= 0.6 is 0 Å². The van der Waals surface area contributed by atoms with Crippen molar-refractivity contribution >= 4 is 5.97 Å². The zero-order valence-corrected chi connectivity index (χ0v) is 9.12. The highest BCUT2D eigenvalue weighted by Crippen LogP contribution is 2.36. The molecule has 0 saturated heterocycles. The van der Waals surface area contributed by atoms with E-state index >= 15 is 0 Å². The highest BCUT2D eigenvalue weighted by molar-refractivity contribution is 5.69. The fourth-order valence-corrected chi connectivity index (χ4v) is 2.31. The molecule has 1 fully saturated rings. The van der Waals surface area contributed by atoms with E-state index in [1.807, 2.05) is 6.92 Å². The quantitative estimate of drug-likeness (QED) is 0.704. The van der Waals surface area contributed by atoms with Crippen LogP contribution in [0, 0.1) is 17.8 Å². The zero-order valence-electron chi connectivity index (χ0n) is 9.12. The van der Waals surface area contributed by atoms with Crippen molar-refractivity contribution in [2.45, 2.75) is 39.5 Å². The molecule has 0 radical (unpaired) electrons. The van der Waals surface area contributed by atoms with Crippen molar-refractivity contribution in [1.82, 2.24) is 0 Å². The van der Waals surface area contributed by atoms with Crippen LogP contribution in [-0.2, 0) is 4.79 Å². The summed E-state index contributed by atoms with van der Waals surface area (Å²) in [7, 11) is 0. The molecule has 2 nitrogen and oxygen atoms in total. The molecule has 14 heavy (non-hydrogen) atoms. The number of rotatable bonds is 3. The monoisotopic (exact) mass is 196 g/mol. The molecule has 1 rings (SSSR count). The number of carbonyl (C=O) groups is 1. The van der Waals surface area contributed by atoms with Gasteiger partial charge >= 0.3 is 5.97 Å². The molecule has 0 spiro atoms. The molecule has 2 heteroatoms. The van der Waals surface area contributed by atoms with Gasteiger partial charge in [0.15, 0.2) is 0 Å². The van der Waals surface area contributed by atoms with Crippen molar-refractivity contribution in [3.8, 4) is 0 Å². The summed E-state index contributed by atoms with van der Waals surface area (Å²) in [5.74, 6) is 0.181. The lowest BCUT2D eigenvalue weighted by atomic mass is 9.74. The Morgan fingerprint density at radius 2 is 1.86 bits per heavy atom. The van der Waals surface area contributed by atoms with Gasteiger partial charge in [-0.15, -0.1) is 0 Å². The van der Waals surface area contributed by atoms with Crippen molar-refractivity contribution in [2.75, 3.05) is 0 Å². The first kappa shape index (κ1) is 11.3. The van der Waals surface area contributed by atoms with E-state index in [2.05, 4.69) is 13.5 Å². The molecule has 0 heterocycles. The van der Waals surface area contributed by atoms with Crippen molar-refractivity contribution in [2.24, 2.45) is 17.8 Å². The number of hydrogen-bond acceptors (Lipinski definition) is 1. The molecule has 0 aromatic carbocycles. The Kier molecular flexibility index (Phi) is 3.73. The maximum atomic E-state index is 10.8. The lowest BCUT2D eigenvalue weighted by Crippen LogP contribution is -2.25. The maximum absolute atomic E-state index is 10.8. The van der Waals surface area contributed by atoms with E-state index in [9.17, 15) is 4.79 Å². The lowest BCUT2D eigenvalue weighted by Gasteiger charge is -2.30. The Balaban J connectivity index is 2.43. The molecule has 1 unspecified atom stereocenters. The molecule has 1 saturated carbocycles. The zero-order chi connectivity index (χ0) is 10.7. The number of allylic oxidation sites excluding steroid dienone is 1. The van der Waals surface area contributed by atoms with Crippen LogP contribution in [0.1, 0.15) is 39.5 Å². The van der Waals surface area contributed by atoms with Gasteiger partial charge in [0.25, 0.3) is 0 Å². The van der Waals surface area contributed by atoms with Crippen molar-refractivity contribution in [3.05, 3.63) is 12.2 Å². The summed E-state index contributed by atoms with van der Waals surface area (Å²) in [6.45, 7) is 7.87. The smallest absolute Gasteiger partial charge is 0.306 e. The van der Waals surface area contributed by atoms with Gasteiger partial charge in [0, 0.05) is 0 Å². The van der Waals surface area contributed by atoms with E-state index in [4.69, 9.17) is 5.11 Å². The van der Waals surface area contributed by atoms with Crippen LogP contribution in [0.4, 0.5) is 0 Å². The third-order valence-corrected chi connectivity index (χ3v) is 3.57. The SMILES string of the molecule is C=C(C)C1CCC(C(C)C(=O)O)CC1. The highest BCUT2D eigenvalue weighted by Gasteiger charge is 2.28. The Bertz CT molecular complexity index is 224. The second-order valence-corrected chi connectivity index (χ2v) is 4.58. The predicted octanol–water partition coefficient (Wildman–Crippen LogP) is 3.09. The third kappa shape index (κ3) is 2.60. The fraction of sp³-hybridized carbons (Fsp3) is 0.750. The molecule has 1 aliphatic rings. The largest absolute Gasteiger partial charge is 0.481 e. The first-order chi connectivity index (χ1) is 6.52. The van der Waals surface area contributed by atoms with Gasteiger partial charge < -0.3 is 5.11 Å². The van der Waals surface area contributed by atoms with Crippen LogP contribution in [0.2, 0.25) is 0 Å². The van der Waals surface area contributed by atoms with E-state index in [1.54, 1.807) is 0 Å². The van der Waals surface area contributed by atoms with Crippen LogP contribution in [0.3, 0.4) is 0 Å². The van der Waals surface area contributed by atoms with Crippen LogP contribution in [0.5, 0.6) is 0 Å². The second kappa shape index (κ2) is 4.63.